The summed E-state index contributed by atoms with van der Waals surface area (Å²) >= 11 is 1.36. The molecule has 6 nitrogen and oxygen atoms in total. The molecule has 1 amide bonds. The molecular formula is C22H23N3O3S. The summed E-state index contributed by atoms with van der Waals surface area (Å²) in [5.74, 6) is 0.0126. The molecule has 3 aromatic rings. The van der Waals surface area contributed by atoms with Crippen LogP contribution in [-0.4, -0.2) is 64.3 Å². The topological polar surface area (TPSA) is 73.7 Å². The van der Waals surface area contributed by atoms with Gasteiger partial charge in [0.2, 0.25) is 0 Å². The first-order valence-electron chi connectivity index (χ1n) is 9.69. The van der Waals surface area contributed by atoms with Gasteiger partial charge in [0.15, 0.2) is 6.29 Å². The van der Waals surface area contributed by atoms with E-state index >= 15 is 0 Å². The van der Waals surface area contributed by atoms with Crippen molar-refractivity contribution in [3.8, 4) is 16.3 Å². The highest BCUT2D eigenvalue weighted by molar-refractivity contribution is 7.22. The van der Waals surface area contributed by atoms with Crippen LogP contribution >= 0.6 is 11.3 Å². The van der Waals surface area contributed by atoms with Gasteiger partial charge in [-0.3, -0.25) is 14.5 Å². The smallest absolute Gasteiger partial charge is 0.253 e. The number of nitrogens with zero attached hydrogens (tertiary/aromatic N) is 3. The Morgan fingerprint density at radius 2 is 1.79 bits per heavy atom. The van der Waals surface area contributed by atoms with E-state index in [0.29, 0.717) is 28.1 Å². The lowest BCUT2D eigenvalue weighted by atomic mass is 10.1. The van der Waals surface area contributed by atoms with Crippen molar-refractivity contribution in [1.82, 2.24) is 14.8 Å². The van der Waals surface area contributed by atoms with Gasteiger partial charge in [-0.05, 0) is 38.1 Å². The number of piperazine rings is 1. The molecule has 0 unspecified atom stereocenters. The summed E-state index contributed by atoms with van der Waals surface area (Å²) in [6, 6.07) is 11.1. The van der Waals surface area contributed by atoms with Crippen molar-refractivity contribution in [3.63, 3.8) is 0 Å². The second kappa shape index (κ2) is 7.93. The molecule has 1 aliphatic rings. The quantitative estimate of drug-likeness (QED) is 0.666. The van der Waals surface area contributed by atoms with Crippen LogP contribution in [-0.2, 0) is 0 Å². The minimum atomic E-state index is -0.0405. The third-order valence-electron chi connectivity index (χ3n) is 5.40. The minimum absolute atomic E-state index is 0.0405. The minimum Gasteiger partial charge on any atom is -0.507 e. The molecule has 0 saturated carbocycles. The van der Waals surface area contributed by atoms with Crippen molar-refractivity contribution in [2.75, 3.05) is 26.2 Å². The number of phenols is 1. The predicted octanol–water partition coefficient (Wildman–Crippen LogP) is 3.65. The summed E-state index contributed by atoms with van der Waals surface area (Å²) in [6.45, 7) is 7.65. The van der Waals surface area contributed by atoms with Gasteiger partial charge in [0.1, 0.15) is 10.8 Å². The number of benzene rings is 2. The number of aldehydes is 1. The van der Waals surface area contributed by atoms with E-state index < -0.39 is 0 Å². The molecule has 1 N–H and O–H groups in total. The van der Waals surface area contributed by atoms with Crippen molar-refractivity contribution >= 4 is 33.7 Å². The van der Waals surface area contributed by atoms with E-state index in [4.69, 9.17) is 0 Å². The maximum absolute atomic E-state index is 12.8. The Labute approximate surface area is 173 Å². The number of hydrogen-bond donors (Lipinski definition) is 1. The van der Waals surface area contributed by atoms with Crippen molar-refractivity contribution in [3.05, 3.63) is 47.5 Å². The van der Waals surface area contributed by atoms with E-state index in [9.17, 15) is 14.7 Å². The van der Waals surface area contributed by atoms with Crippen LogP contribution in [0.3, 0.4) is 0 Å². The van der Waals surface area contributed by atoms with Gasteiger partial charge in [0.05, 0.1) is 15.8 Å². The summed E-state index contributed by atoms with van der Waals surface area (Å²) in [7, 11) is 0. The van der Waals surface area contributed by atoms with E-state index in [-0.39, 0.29) is 17.2 Å². The Kier molecular flexibility index (Phi) is 5.34. The number of fused-ring (bicyclic) bond motifs is 1. The summed E-state index contributed by atoms with van der Waals surface area (Å²) in [4.78, 5) is 33.0. The fraction of sp³-hybridized carbons (Fsp3) is 0.318. The van der Waals surface area contributed by atoms with Crippen LogP contribution in [0.1, 0.15) is 34.6 Å². The second-order valence-corrected chi connectivity index (χ2v) is 8.48. The van der Waals surface area contributed by atoms with Crippen molar-refractivity contribution < 1.29 is 14.7 Å². The zero-order valence-electron chi connectivity index (χ0n) is 16.5. The monoisotopic (exact) mass is 409 g/mol. The lowest BCUT2D eigenvalue weighted by Gasteiger charge is -2.37. The molecule has 0 atom stereocenters. The number of thiazole rings is 1. The van der Waals surface area contributed by atoms with Crippen LogP contribution in [0.4, 0.5) is 0 Å². The van der Waals surface area contributed by atoms with E-state index in [2.05, 4.69) is 23.7 Å². The van der Waals surface area contributed by atoms with Gasteiger partial charge < -0.3 is 10.0 Å². The number of aromatic nitrogens is 1. The first-order valence-corrected chi connectivity index (χ1v) is 10.5. The van der Waals surface area contributed by atoms with E-state index in [1.54, 1.807) is 6.07 Å². The fourth-order valence-corrected chi connectivity index (χ4v) is 4.69. The molecule has 150 valence electrons. The van der Waals surface area contributed by atoms with E-state index in [0.717, 1.165) is 36.8 Å². The van der Waals surface area contributed by atoms with Gasteiger partial charge in [-0.1, -0.05) is 12.1 Å². The number of carbonyl (C=O) groups is 2. The molecule has 1 saturated heterocycles. The Balaban J connectivity index is 1.53. The van der Waals surface area contributed by atoms with E-state index in [1.165, 1.54) is 17.4 Å². The second-order valence-electron chi connectivity index (χ2n) is 7.48. The van der Waals surface area contributed by atoms with Crippen LogP contribution in [0, 0.1) is 0 Å². The number of amides is 1. The van der Waals surface area contributed by atoms with Crippen LogP contribution in [0.25, 0.3) is 20.8 Å². The van der Waals surface area contributed by atoms with Crippen LogP contribution in [0.15, 0.2) is 36.4 Å². The maximum atomic E-state index is 12.8. The first kappa shape index (κ1) is 19.5. The number of rotatable bonds is 4. The SMILES string of the molecule is CC(C)N1CCN(C(=O)c2ccc(-c3nc4ccc(O)c(C=O)c4s3)cc2)CC1. The highest BCUT2D eigenvalue weighted by atomic mass is 32.1. The Hall–Kier alpha value is -2.77. The van der Waals surface area contributed by atoms with Gasteiger partial charge in [-0.15, -0.1) is 11.3 Å². The van der Waals surface area contributed by atoms with Crippen molar-refractivity contribution in [2.24, 2.45) is 0 Å². The Bertz CT molecular complexity index is 1050. The van der Waals surface area contributed by atoms with Crippen molar-refractivity contribution in [2.45, 2.75) is 19.9 Å². The average molecular weight is 410 g/mol. The van der Waals surface area contributed by atoms with Crippen LogP contribution in [0.2, 0.25) is 0 Å². The zero-order chi connectivity index (χ0) is 20.5. The predicted molar refractivity (Wildman–Crippen MR) is 115 cm³/mol. The summed E-state index contributed by atoms with van der Waals surface area (Å²) in [6.07, 6.45) is 0.653. The third kappa shape index (κ3) is 3.75. The number of hydrogen-bond acceptors (Lipinski definition) is 6. The summed E-state index contributed by atoms with van der Waals surface area (Å²) in [5, 5.41) is 10.6. The third-order valence-corrected chi connectivity index (χ3v) is 6.55. The molecular weight excluding hydrogens is 386 g/mol. The van der Waals surface area contributed by atoms with Gasteiger partial charge >= 0.3 is 0 Å². The summed E-state index contributed by atoms with van der Waals surface area (Å²) in [5.41, 5.74) is 2.48. The molecule has 29 heavy (non-hydrogen) atoms. The normalized spacial score (nSPS) is 15.2. The molecule has 1 aromatic heterocycles. The van der Waals surface area contributed by atoms with Crippen LogP contribution in [0.5, 0.6) is 5.75 Å². The van der Waals surface area contributed by atoms with Gasteiger partial charge in [0, 0.05) is 43.3 Å². The maximum Gasteiger partial charge on any atom is 0.253 e. The van der Waals surface area contributed by atoms with Crippen molar-refractivity contribution in [1.29, 1.82) is 0 Å². The Morgan fingerprint density at radius 1 is 1.10 bits per heavy atom. The molecule has 1 aliphatic heterocycles. The lowest BCUT2D eigenvalue weighted by Crippen LogP contribution is -2.50. The average Bonchev–Trinajstić information content (AvgIpc) is 3.17. The van der Waals surface area contributed by atoms with Gasteiger partial charge in [-0.2, -0.15) is 0 Å². The zero-order valence-corrected chi connectivity index (χ0v) is 17.3. The van der Waals surface area contributed by atoms with Gasteiger partial charge in [0.25, 0.3) is 5.91 Å². The number of aromatic hydroxyl groups is 1. The Morgan fingerprint density at radius 3 is 2.41 bits per heavy atom. The lowest BCUT2D eigenvalue weighted by molar-refractivity contribution is 0.0595. The first-order chi connectivity index (χ1) is 14.0. The van der Waals surface area contributed by atoms with Gasteiger partial charge in [-0.25, -0.2) is 4.98 Å². The molecule has 0 radical (unpaired) electrons. The molecule has 2 heterocycles. The summed E-state index contributed by atoms with van der Waals surface area (Å²) < 4.78 is 0.665. The standard InChI is InChI=1S/C22H23N3O3S/c1-14(2)24-9-11-25(12-10-24)22(28)16-5-3-15(4-6-16)21-23-18-7-8-19(27)17(13-26)20(18)29-21/h3-8,13-14,27H,9-12H2,1-2H3. The molecule has 7 heteroatoms. The molecule has 2 aromatic carbocycles. The molecule has 0 spiro atoms. The molecule has 0 aliphatic carbocycles. The highest BCUT2D eigenvalue weighted by Crippen LogP contribution is 2.35. The van der Waals surface area contributed by atoms with E-state index in [1.807, 2.05) is 29.2 Å². The number of carbonyl (C=O) groups excluding carboxylic acids is 2. The largest absolute Gasteiger partial charge is 0.507 e. The highest BCUT2D eigenvalue weighted by Gasteiger charge is 2.23. The molecule has 0 bridgehead atoms. The van der Waals surface area contributed by atoms with Crippen LogP contribution < -0.4 is 0 Å². The fourth-order valence-electron chi connectivity index (χ4n) is 3.62. The number of phenolic OH excluding ortho intramolecular Hbond substituents is 1. The molecule has 4 rings (SSSR count). The molecule has 1 fully saturated rings.